The molecule has 9 heteroatoms. The van der Waals surface area contributed by atoms with Crippen molar-refractivity contribution in [3.63, 3.8) is 0 Å². The van der Waals surface area contributed by atoms with E-state index in [4.69, 9.17) is 16.1 Å². The van der Waals surface area contributed by atoms with Crippen LogP contribution in [0.25, 0.3) is 0 Å². The number of aromatic nitrogens is 1. The molecule has 0 radical (unpaired) electrons. The maximum absolute atomic E-state index is 13.1. The summed E-state index contributed by atoms with van der Waals surface area (Å²) in [5, 5.41) is 16.0. The van der Waals surface area contributed by atoms with E-state index in [-0.39, 0.29) is 22.5 Å². The van der Waals surface area contributed by atoms with Crippen LogP contribution in [0, 0.1) is 0 Å². The molecule has 1 heterocycles. The number of rotatable bonds is 6. The first-order chi connectivity index (χ1) is 12.4. The predicted octanol–water partition coefficient (Wildman–Crippen LogP) is 3.18. The van der Waals surface area contributed by atoms with Crippen LogP contribution >= 0.6 is 11.6 Å². The average molecular weight is 415 g/mol. The second-order valence-electron chi connectivity index (χ2n) is 7.44. The largest absolute Gasteiger partial charge is 0.396 e. The Balaban J connectivity index is 2.37. The van der Waals surface area contributed by atoms with Crippen LogP contribution in [0.4, 0.5) is 5.82 Å². The Morgan fingerprint density at radius 2 is 1.81 bits per heavy atom. The summed E-state index contributed by atoms with van der Waals surface area (Å²) in [6.45, 7) is 6.54. The van der Waals surface area contributed by atoms with Crippen LogP contribution in [-0.4, -0.2) is 35.9 Å². The monoisotopic (exact) mass is 414 g/mol. The summed E-state index contributed by atoms with van der Waals surface area (Å²) in [7, 11) is -4.11. The fourth-order valence-electron chi connectivity index (χ4n) is 2.39. The molecule has 7 nitrogen and oxygen atoms in total. The number of carbonyl (C=O) groups is 1. The van der Waals surface area contributed by atoms with Gasteiger partial charge in [-0.2, -0.15) is 0 Å². The van der Waals surface area contributed by atoms with E-state index in [1.54, 1.807) is 6.07 Å². The number of anilines is 1. The summed E-state index contributed by atoms with van der Waals surface area (Å²) in [6, 6.07) is 7.06. The van der Waals surface area contributed by atoms with Crippen LogP contribution in [-0.2, 0) is 20.0 Å². The zero-order valence-electron chi connectivity index (χ0n) is 15.6. The number of aliphatic hydroxyl groups is 1. The molecule has 0 fully saturated rings. The van der Waals surface area contributed by atoms with Gasteiger partial charge in [-0.25, -0.2) is 8.42 Å². The van der Waals surface area contributed by atoms with Gasteiger partial charge in [-0.05, 0) is 37.6 Å². The predicted molar refractivity (Wildman–Crippen MR) is 103 cm³/mol. The number of nitrogens with zero attached hydrogens (tertiary/aromatic N) is 1. The fourth-order valence-corrected chi connectivity index (χ4v) is 4.19. The zero-order valence-corrected chi connectivity index (χ0v) is 17.2. The maximum Gasteiger partial charge on any atom is 0.247 e. The Bertz CT molecular complexity index is 916. The van der Waals surface area contributed by atoms with Gasteiger partial charge in [0.25, 0.3) is 0 Å². The maximum atomic E-state index is 13.1. The number of amides is 1. The molecule has 0 aliphatic carbocycles. The summed E-state index contributed by atoms with van der Waals surface area (Å²) in [6.07, 6.45) is -0.284. The fraction of sp³-hybridized carbons (Fsp3) is 0.444. The molecule has 1 atom stereocenters. The molecule has 27 heavy (non-hydrogen) atoms. The van der Waals surface area contributed by atoms with Crippen LogP contribution < -0.4 is 5.32 Å². The third-order valence-corrected chi connectivity index (χ3v) is 7.00. The Hall–Kier alpha value is -1.90. The molecule has 2 aromatic rings. The van der Waals surface area contributed by atoms with Crippen molar-refractivity contribution in [2.24, 2.45) is 0 Å². The summed E-state index contributed by atoms with van der Waals surface area (Å²) in [4.78, 5) is 12.8. The SMILES string of the molecule is CC(C)(C)c1cc(NC(=O)C(C)(CCO)S(=O)(=O)c2ccc(Cl)cc2)no1. The number of aliphatic hydroxyl groups excluding tert-OH is 1. The normalized spacial score (nSPS) is 14.6. The van der Waals surface area contributed by atoms with Crippen LogP contribution in [0.5, 0.6) is 0 Å². The molecule has 1 amide bonds. The molecule has 0 bridgehead atoms. The number of hydrogen-bond donors (Lipinski definition) is 2. The highest BCUT2D eigenvalue weighted by Crippen LogP contribution is 2.31. The van der Waals surface area contributed by atoms with E-state index in [9.17, 15) is 18.3 Å². The molecule has 1 aromatic carbocycles. The smallest absolute Gasteiger partial charge is 0.247 e. The quantitative estimate of drug-likeness (QED) is 0.751. The standard InChI is InChI=1S/C18H23ClN2O5S/c1-17(2,3)14-11-15(21-26-14)20-16(23)18(4,9-10-22)27(24,25)13-7-5-12(19)6-8-13/h5-8,11,22H,9-10H2,1-4H3,(H,20,21,23). The van der Waals surface area contributed by atoms with Crippen molar-refractivity contribution < 1.29 is 22.8 Å². The minimum atomic E-state index is -4.11. The van der Waals surface area contributed by atoms with E-state index in [2.05, 4.69) is 10.5 Å². The van der Waals surface area contributed by atoms with Gasteiger partial charge in [0, 0.05) is 23.1 Å². The Labute approximate surface area is 163 Å². The number of halogens is 1. The number of benzene rings is 1. The summed E-state index contributed by atoms with van der Waals surface area (Å²) < 4.78 is 29.5. The molecular weight excluding hydrogens is 392 g/mol. The molecule has 1 unspecified atom stereocenters. The van der Waals surface area contributed by atoms with Crippen molar-refractivity contribution in [2.75, 3.05) is 11.9 Å². The van der Waals surface area contributed by atoms with Crippen molar-refractivity contribution in [1.82, 2.24) is 5.16 Å². The van der Waals surface area contributed by atoms with Gasteiger partial charge in [0.15, 0.2) is 20.4 Å². The lowest BCUT2D eigenvalue weighted by Crippen LogP contribution is -2.48. The van der Waals surface area contributed by atoms with Crippen LogP contribution in [0.2, 0.25) is 5.02 Å². The second kappa shape index (κ2) is 7.61. The first-order valence-corrected chi connectivity index (χ1v) is 10.2. The minimum absolute atomic E-state index is 0.0615. The highest BCUT2D eigenvalue weighted by Gasteiger charge is 2.47. The van der Waals surface area contributed by atoms with Gasteiger partial charge in [-0.1, -0.05) is 37.5 Å². The van der Waals surface area contributed by atoms with E-state index >= 15 is 0 Å². The first-order valence-electron chi connectivity index (χ1n) is 8.31. The number of carbonyl (C=O) groups excluding carboxylic acids is 1. The first kappa shape index (κ1) is 21.4. The lowest BCUT2D eigenvalue weighted by Gasteiger charge is -2.27. The molecule has 0 aliphatic heterocycles. The van der Waals surface area contributed by atoms with Gasteiger partial charge in [-0.3, -0.25) is 4.79 Å². The van der Waals surface area contributed by atoms with E-state index in [1.807, 2.05) is 20.8 Å². The van der Waals surface area contributed by atoms with Crippen molar-refractivity contribution in [3.8, 4) is 0 Å². The van der Waals surface area contributed by atoms with E-state index in [0.29, 0.717) is 10.8 Å². The van der Waals surface area contributed by atoms with Crippen molar-refractivity contribution in [3.05, 3.63) is 41.1 Å². The minimum Gasteiger partial charge on any atom is -0.396 e. The van der Waals surface area contributed by atoms with Gasteiger partial charge in [0.1, 0.15) is 5.76 Å². The lowest BCUT2D eigenvalue weighted by molar-refractivity contribution is -0.118. The molecule has 2 rings (SSSR count). The molecule has 0 spiro atoms. The number of nitrogens with one attached hydrogen (secondary N) is 1. The van der Waals surface area contributed by atoms with Gasteiger partial charge in [0.2, 0.25) is 5.91 Å². The molecule has 1 aromatic heterocycles. The molecule has 148 valence electrons. The molecule has 0 aliphatic rings. The van der Waals surface area contributed by atoms with E-state index in [1.165, 1.54) is 31.2 Å². The van der Waals surface area contributed by atoms with Crippen LogP contribution in [0.3, 0.4) is 0 Å². The van der Waals surface area contributed by atoms with Gasteiger partial charge < -0.3 is 14.9 Å². The summed E-state index contributed by atoms with van der Waals surface area (Å²) in [5.41, 5.74) is -0.320. The third-order valence-electron chi connectivity index (χ3n) is 4.28. The Morgan fingerprint density at radius 3 is 2.30 bits per heavy atom. The van der Waals surface area contributed by atoms with Crippen molar-refractivity contribution in [1.29, 1.82) is 0 Å². The summed E-state index contributed by atoms with van der Waals surface area (Å²) in [5.74, 6) is -0.150. The average Bonchev–Trinajstić information content (AvgIpc) is 3.04. The third kappa shape index (κ3) is 4.34. The molecular formula is C18H23ClN2O5S. The highest BCUT2D eigenvalue weighted by molar-refractivity contribution is 7.93. The molecule has 0 saturated carbocycles. The van der Waals surface area contributed by atoms with Crippen LogP contribution in [0.1, 0.15) is 39.9 Å². The van der Waals surface area contributed by atoms with Gasteiger partial charge >= 0.3 is 0 Å². The lowest BCUT2D eigenvalue weighted by atomic mass is 9.93. The van der Waals surface area contributed by atoms with Crippen molar-refractivity contribution >= 4 is 33.2 Å². The molecule has 0 saturated heterocycles. The topological polar surface area (TPSA) is 110 Å². The highest BCUT2D eigenvalue weighted by atomic mass is 35.5. The summed E-state index contributed by atoms with van der Waals surface area (Å²) >= 11 is 5.81. The number of hydrogen-bond acceptors (Lipinski definition) is 6. The van der Waals surface area contributed by atoms with Gasteiger partial charge in [0.05, 0.1) is 4.90 Å². The van der Waals surface area contributed by atoms with Crippen molar-refractivity contribution in [2.45, 2.75) is 49.2 Å². The number of sulfone groups is 1. The Morgan fingerprint density at radius 1 is 1.22 bits per heavy atom. The van der Waals surface area contributed by atoms with E-state index in [0.717, 1.165) is 0 Å². The zero-order chi connectivity index (χ0) is 20.5. The Kier molecular flexibility index (Phi) is 6.03. The second-order valence-corrected chi connectivity index (χ2v) is 10.3. The van der Waals surface area contributed by atoms with Gasteiger partial charge in [-0.15, -0.1) is 0 Å². The van der Waals surface area contributed by atoms with E-state index < -0.39 is 27.1 Å². The molecule has 2 N–H and O–H groups in total. The van der Waals surface area contributed by atoms with Crippen LogP contribution in [0.15, 0.2) is 39.8 Å².